The fourth-order valence-electron chi connectivity index (χ4n) is 1.60. The van der Waals surface area contributed by atoms with Crippen molar-refractivity contribution in [2.75, 3.05) is 12.4 Å². The Bertz CT molecular complexity index is 713. The van der Waals surface area contributed by atoms with Crippen LogP contribution in [0.1, 0.15) is 0 Å². The van der Waals surface area contributed by atoms with Crippen molar-refractivity contribution in [1.29, 1.82) is 0 Å². The van der Waals surface area contributed by atoms with Gasteiger partial charge in [-0.1, -0.05) is 23.7 Å². The number of hydrogen-bond acceptors (Lipinski definition) is 4. The highest BCUT2D eigenvalue weighted by Gasteiger charge is 2.07. The number of carbonyl (C=O) groups is 2. The molecule has 8 heteroatoms. The number of thioether (sulfide) groups is 1. The van der Waals surface area contributed by atoms with Crippen molar-refractivity contribution in [1.82, 2.24) is 10.9 Å². The molecule has 2 aromatic carbocycles. The van der Waals surface area contributed by atoms with E-state index in [0.717, 1.165) is 4.90 Å². The van der Waals surface area contributed by atoms with E-state index in [9.17, 15) is 14.0 Å². The van der Waals surface area contributed by atoms with E-state index in [1.54, 1.807) is 36.4 Å². The van der Waals surface area contributed by atoms with E-state index in [1.807, 2.05) is 0 Å². The molecule has 0 aliphatic heterocycles. The minimum Gasteiger partial charge on any atom is -0.482 e. The molecule has 2 N–H and O–H groups in total. The van der Waals surface area contributed by atoms with Crippen molar-refractivity contribution in [3.63, 3.8) is 0 Å². The average Bonchev–Trinajstić information content (AvgIpc) is 2.58. The fourth-order valence-corrected chi connectivity index (χ4v) is 2.49. The van der Waals surface area contributed by atoms with Crippen LogP contribution in [0.15, 0.2) is 53.4 Å². The first-order valence-corrected chi connectivity index (χ1v) is 8.24. The van der Waals surface area contributed by atoms with Gasteiger partial charge in [-0.3, -0.25) is 20.4 Å². The molecular weight excluding hydrogens is 355 g/mol. The monoisotopic (exact) mass is 368 g/mol. The van der Waals surface area contributed by atoms with Gasteiger partial charge >= 0.3 is 0 Å². The van der Waals surface area contributed by atoms with Crippen molar-refractivity contribution in [2.45, 2.75) is 4.90 Å². The Morgan fingerprint density at radius 3 is 2.42 bits per heavy atom. The molecular formula is C16H14ClFN2O3S. The summed E-state index contributed by atoms with van der Waals surface area (Å²) in [5.41, 5.74) is 4.51. The van der Waals surface area contributed by atoms with Crippen LogP contribution in [-0.4, -0.2) is 24.2 Å². The van der Waals surface area contributed by atoms with Gasteiger partial charge in [0.15, 0.2) is 6.61 Å². The molecule has 0 saturated heterocycles. The first-order chi connectivity index (χ1) is 11.5. The molecule has 0 aliphatic carbocycles. The quantitative estimate of drug-likeness (QED) is 0.607. The van der Waals surface area contributed by atoms with Gasteiger partial charge in [-0.2, -0.15) is 0 Å². The maximum Gasteiger partial charge on any atom is 0.276 e. The predicted molar refractivity (Wildman–Crippen MR) is 90.4 cm³/mol. The summed E-state index contributed by atoms with van der Waals surface area (Å²) in [6, 6.07) is 12.5. The van der Waals surface area contributed by atoms with Crippen LogP contribution in [0.3, 0.4) is 0 Å². The number of rotatable bonds is 6. The van der Waals surface area contributed by atoms with Gasteiger partial charge in [-0.05, 0) is 36.4 Å². The van der Waals surface area contributed by atoms with Crippen LogP contribution in [0.5, 0.6) is 5.75 Å². The van der Waals surface area contributed by atoms with Gasteiger partial charge in [0.25, 0.3) is 5.91 Å². The molecule has 0 saturated carbocycles. The molecule has 0 fully saturated rings. The molecule has 2 rings (SSSR count). The Hall–Kier alpha value is -2.25. The summed E-state index contributed by atoms with van der Waals surface area (Å²) in [6.45, 7) is -0.283. The molecule has 0 spiro atoms. The number of para-hydroxylation sites is 1. The van der Waals surface area contributed by atoms with Crippen LogP contribution in [0.4, 0.5) is 4.39 Å². The lowest BCUT2D eigenvalue weighted by Crippen LogP contribution is -2.44. The van der Waals surface area contributed by atoms with E-state index in [4.69, 9.17) is 16.3 Å². The normalized spacial score (nSPS) is 10.1. The van der Waals surface area contributed by atoms with Gasteiger partial charge in [-0.15, -0.1) is 11.8 Å². The molecule has 0 aromatic heterocycles. The lowest BCUT2D eigenvalue weighted by Gasteiger charge is -2.09. The van der Waals surface area contributed by atoms with Crippen LogP contribution in [-0.2, 0) is 9.59 Å². The molecule has 5 nitrogen and oxygen atoms in total. The topological polar surface area (TPSA) is 67.4 Å². The summed E-state index contributed by atoms with van der Waals surface area (Å²) in [5.74, 6) is -0.787. The third kappa shape index (κ3) is 6.10. The van der Waals surface area contributed by atoms with Gasteiger partial charge in [0.1, 0.15) is 11.6 Å². The minimum absolute atomic E-state index is 0.0806. The lowest BCUT2D eigenvalue weighted by molar-refractivity contribution is -0.128. The van der Waals surface area contributed by atoms with E-state index < -0.39 is 11.8 Å². The predicted octanol–water partition coefficient (Wildman–Crippen LogP) is 2.80. The number of hydrogen-bond donors (Lipinski definition) is 2. The Balaban J connectivity index is 1.66. The first-order valence-electron chi connectivity index (χ1n) is 6.88. The van der Waals surface area contributed by atoms with Crippen molar-refractivity contribution in [3.8, 4) is 5.75 Å². The number of nitrogens with one attached hydrogen (secondary N) is 2. The van der Waals surface area contributed by atoms with Crippen molar-refractivity contribution in [3.05, 3.63) is 59.4 Å². The first kappa shape index (κ1) is 18.1. The summed E-state index contributed by atoms with van der Waals surface area (Å²) in [6.07, 6.45) is 0. The molecule has 0 unspecified atom stereocenters. The average molecular weight is 369 g/mol. The van der Waals surface area contributed by atoms with Gasteiger partial charge in [0.2, 0.25) is 5.91 Å². The van der Waals surface area contributed by atoms with Gasteiger partial charge in [-0.25, -0.2) is 4.39 Å². The minimum atomic E-state index is -0.518. The number of halogens is 2. The van der Waals surface area contributed by atoms with Crippen LogP contribution >= 0.6 is 23.4 Å². The van der Waals surface area contributed by atoms with E-state index >= 15 is 0 Å². The number of amides is 2. The smallest absolute Gasteiger partial charge is 0.276 e. The van der Waals surface area contributed by atoms with E-state index in [2.05, 4.69) is 10.9 Å². The van der Waals surface area contributed by atoms with Crippen LogP contribution in [0, 0.1) is 5.82 Å². The zero-order valence-corrected chi connectivity index (χ0v) is 14.0. The summed E-state index contributed by atoms with van der Waals surface area (Å²) in [5, 5.41) is 0.394. The van der Waals surface area contributed by atoms with E-state index in [1.165, 1.54) is 23.9 Å². The van der Waals surface area contributed by atoms with Crippen LogP contribution < -0.4 is 15.6 Å². The molecule has 2 aromatic rings. The molecule has 0 atom stereocenters. The number of benzene rings is 2. The number of hydrazine groups is 1. The highest BCUT2D eigenvalue weighted by molar-refractivity contribution is 8.00. The Morgan fingerprint density at radius 1 is 1.04 bits per heavy atom. The lowest BCUT2D eigenvalue weighted by atomic mass is 10.3. The van der Waals surface area contributed by atoms with E-state index in [-0.39, 0.29) is 18.2 Å². The molecule has 0 radical (unpaired) electrons. The number of ether oxygens (including phenoxy) is 1. The van der Waals surface area contributed by atoms with Crippen molar-refractivity contribution >= 4 is 35.2 Å². The third-order valence-electron chi connectivity index (χ3n) is 2.72. The Labute approximate surface area is 147 Å². The van der Waals surface area contributed by atoms with E-state index in [0.29, 0.717) is 10.8 Å². The second-order valence-electron chi connectivity index (χ2n) is 4.56. The molecule has 126 valence electrons. The van der Waals surface area contributed by atoms with Gasteiger partial charge in [0, 0.05) is 4.90 Å². The summed E-state index contributed by atoms with van der Waals surface area (Å²) in [7, 11) is 0. The Morgan fingerprint density at radius 2 is 1.71 bits per heavy atom. The van der Waals surface area contributed by atoms with Crippen LogP contribution in [0.2, 0.25) is 5.02 Å². The highest BCUT2D eigenvalue weighted by atomic mass is 35.5. The molecule has 24 heavy (non-hydrogen) atoms. The SMILES string of the molecule is O=C(COc1ccccc1Cl)NNC(=O)CSc1ccc(F)cc1. The zero-order valence-electron chi connectivity index (χ0n) is 12.4. The second-order valence-corrected chi connectivity index (χ2v) is 6.01. The Kier molecular flexibility index (Phi) is 6.89. The largest absolute Gasteiger partial charge is 0.482 e. The summed E-state index contributed by atoms with van der Waals surface area (Å²) < 4.78 is 18.0. The summed E-state index contributed by atoms with van der Waals surface area (Å²) >= 11 is 7.11. The molecule has 0 bridgehead atoms. The zero-order chi connectivity index (χ0) is 17.4. The molecule has 0 heterocycles. The maximum absolute atomic E-state index is 12.8. The van der Waals surface area contributed by atoms with Gasteiger partial charge < -0.3 is 4.74 Å². The number of carbonyl (C=O) groups excluding carboxylic acids is 2. The van der Waals surface area contributed by atoms with Crippen molar-refractivity contribution < 1.29 is 18.7 Å². The molecule has 2 amide bonds. The van der Waals surface area contributed by atoms with Crippen molar-refractivity contribution in [2.24, 2.45) is 0 Å². The standard InChI is InChI=1S/C16H14ClFN2O3S/c17-13-3-1-2-4-14(13)23-9-15(21)19-20-16(22)10-24-12-7-5-11(18)6-8-12/h1-8H,9-10H2,(H,19,21)(H,20,22). The second kappa shape index (κ2) is 9.14. The third-order valence-corrected chi connectivity index (χ3v) is 4.04. The highest BCUT2D eigenvalue weighted by Crippen LogP contribution is 2.22. The fraction of sp³-hybridized carbons (Fsp3) is 0.125. The molecule has 0 aliphatic rings. The van der Waals surface area contributed by atoms with Gasteiger partial charge in [0.05, 0.1) is 10.8 Å². The maximum atomic E-state index is 12.8. The van der Waals surface area contributed by atoms with Crippen LogP contribution in [0.25, 0.3) is 0 Å². The summed E-state index contributed by atoms with van der Waals surface area (Å²) in [4.78, 5) is 24.0.